The number of nitrogens with one attached hydrogen (secondary N) is 1. The maximum absolute atomic E-state index is 12.5. The number of fused-ring (bicyclic) bond motifs is 3. The van der Waals surface area contributed by atoms with Gasteiger partial charge in [0.15, 0.2) is 5.78 Å². The molecule has 2 unspecified atom stereocenters. The van der Waals surface area contributed by atoms with E-state index in [9.17, 15) is 14.9 Å². The van der Waals surface area contributed by atoms with E-state index in [1.807, 2.05) is 31.2 Å². The lowest BCUT2D eigenvalue weighted by molar-refractivity contribution is -0.384. The summed E-state index contributed by atoms with van der Waals surface area (Å²) in [6.45, 7) is 6.80. The van der Waals surface area contributed by atoms with Crippen LogP contribution in [0.25, 0.3) is 11.1 Å². The normalized spacial score (nSPS) is 18.0. The molecule has 3 N–H and O–H groups in total. The van der Waals surface area contributed by atoms with Crippen LogP contribution in [-0.2, 0) is 5.54 Å². The Morgan fingerprint density at radius 2 is 1.77 bits per heavy atom. The minimum Gasteiger partial charge on any atom is -0.326 e. The van der Waals surface area contributed by atoms with E-state index in [0.29, 0.717) is 12.0 Å². The lowest BCUT2D eigenvalue weighted by Crippen LogP contribution is -2.55. The van der Waals surface area contributed by atoms with Gasteiger partial charge in [-0.25, -0.2) is 0 Å². The van der Waals surface area contributed by atoms with Crippen LogP contribution in [0.3, 0.4) is 0 Å². The van der Waals surface area contributed by atoms with Crippen molar-refractivity contribution in [2.24, 2.45) is 5.73 Å². The molecule has 0 heterocycles. The summed E-state index contributed by atoms with van der Waals surface area (Å²) in [7, 11) is 0. The number of nitrogens with two attached hydrogens (primary N) is 1. The third kappa shape index (κ3) is 3.66. The topological polar surface area (TPSA) is 98.3 Å². The Bertz CT molecular complexity index is 957. The minimum absolute atomic E-state index is 0.0526. The van der Waals surface area contributed by atoms with Crippen LogP contribution < -0.4 is 11.1 Å². The van der Waals surface area contributed by atoms with E-state index < -0.39 is 5.54 Å². The van der Waals surface area contributed by atoms with E-state index in [4.69, 9.17) is 5.73 Å². The lowest BCUT2D eigenvalue weighted by atomic mass is 9.78. The Kier molecular flexibility index (Phi) is 6.68. The summed E-state index contributed by atoms with van der Waals surface area (Å²) in [5.74, 6) is 0.0752. The molecule has 0 saturated heterocycles. The number of ketones is 1. The van der Waals surface area contributed by atoms with Gasteiger partial charge in [0.05, 0.1) is 10.5 Å². The predicted octanol–water partition coefficient (Wildman–Crippen LogP) is 4.93. The molecular weight excluding hydrogens is 378 g/mol. The van der Waals surface area contributed by atoms with Crippen molar-refractivity contribution in [3.63, 3.8) is 0 Å². The zero-order valence-corrected chi connectivity index (χ0v) is 18.0. The second-order valence-corrected chi connectivity index (χ2v) is 8.01. The number of hydrogen-bond donors (Lipinski definition) is 2. The molecule has 1 aliphatic carbocycles. The molecule has 0 aromatic heterocycles. The van der Waals surface area contributed by atoms with Crippen molar-refractivity contribution in [1.82, 2.24) is 5.32 Å². The molecule has 0 spiro atoms. The Balaban J connectivity index is 2.30. The van der Waals surface area contributed by atoms with Crippen molar-refractivity contribution in [3.05, 3.63) is 63.2 Å². The van der Waals surface area contributed by atoms with Crippen LogP contribution in [0.4, 0.5) is 5.69 Å². The van der Waals surface area contributed by atoms with Gasteiger partial charge in [-0.3, -0.25) is 14.9 Å². The zero-order chi connectivity index (χ0) is 21.9. The summed E-state index contributed by atoms with van der Waals surface area (Å²) in [5.41, 5.74) is 10.5. The van der Waals surface area contributed by atoms with E-state index >= 15 is 0 Å². The van der Waals surface area contributed by atoms with Gasteiger partial charge in [-0.15, -0.1) is 0 Å². The zero-order valence-electron chi connectivity index (χ0n) is 18.0. The highest BCUT2D eigenvalue weighted by atomic mass is 16.6. The molecule has 1 aliphatic rings. The Hall–Kier alpha value is -2.57. The first-order chi connectivity index (χ1) is 14.4. The number of unbranched alkanes of at least 4 members (excludes halogenated alkanes) is 1. The molecule has 6 nitrogen and oxygen atoms in total. The van der Waals surface area contributed by atoms with Gasteiger partial charge < -0.3 is 11.1 Å². The van der Waals surface area contributed by atoms with Gasteiger partial charge >= 0.3 is 0 Å². The highest BCUT2D eigenvalue weighted by Crippen LogP contribution is 2.51. The predicted molar refractivity (Wildman–Crippen MR) is 120 cm³/mol. The number of carbonyl (C=O) groups excluding carboxylic acids is 1. The molecule has 0 saturated carbocycles. The van der Waals surface area contributed by atoms with Crippen LogP contribution in [0.1, 0.15) is 74.4 Å². The molecule has 160 valence electrons. The number of Topliss-reactive ketones (excluding diaryl/α,β-unsaturated/α-hetero) is 1. The third-order valence-electron chi connectivity index (χ3n) is 6.11. The van der Waals surface area contributed by atoms with Crippen molar-refractivity contribution >= 4 is 11.5 Å². The van der Waals surface area contributed by atoms with Gasteiger partial charge in [0.25, 0.3) is 5.69 Å². The van der Waals surface area contributed by atoms with Gasteiger partial charge in [-0.2, -0.15) is 0 Å². The first-order valence-corrected chi connectivity index (χ1v) is 10.9. The van der Waals surface area contributed by atoms with E-state index in [-0.39, 0.29) is 22.4 Å². The number of benzene rings is 2. The Morgan fingerprint density at radius 3 is 2.37 bits per heavy atom. The smallest absolute Gasteiger partial charge is 0.269 e. The summed E-state index contributed by atoms with van der Waals surface area (Å²) in [6.07, 6.45) is 4.07. The molecule has 2 atom stereocenters. The van der Waals surface area contributed by atoms with Crippen LogP contribution in [0, 0.1) is 10.1 Å². The number of nitro groups is 1. The Morgan fingerprint density at radius 1 is 1.10 bits per heavy atom. The van der Waals surface area contributed by atoms with Gasteiger partial charge in [0.2, 0.25) is 0 Å². The van der Waals surface area contributed by atoms with Crippen LogP contribution in [-0.4, -0.2) is 23.3 Å². The molecular formula is C24H31N3O3. The maximum atomic E-state index is 12.5. The monoisotopic (exact) mass is 409 g/mol. The number of non-ortho nitro benzene ring substituents is 1. The summed E-state index contributed by atoms with van der Waals surface area (Å²) in [6, 6.07) is 10.5. The van der Waals surface area contributed by atoms with Gasteiger partial charge in [0, 0.05) is 30.2 Å². The molecule has 3 rings (SSSR count). The second-order valence-electron chi connectivity index (χ2n) is 8.01. The molecule has 0 fully saturated rings. The SMILES string of the molecule is CCCCNC1(C(N)CCC)c2cc(C(=O)CC)ccc2-c2ccc([N+](=O)[O-])cc21. The van der Waals surface area contributed by atoms with E-state index in [0.717, 1.165) is 54.5 Å². The summed E-state index contributed by atoms with van der Waals surface area (Å²) in [4.78, 5) is 23.6. The summed E-state index contributed by atoms with van der Waals surface area (Å²) < 4.78 is 0. The average molecular weight is 410 g/mol. The van der Waals surface area contributed by atoms with Crippen molar-refractivity contribution in [2.75, 3.05) is 6.54 Å². The molecule has 0 radical (unpaired) electrons. The van der Waals surface area contributed by atoms with Crippen LogP contribution in [0.5, 0.6) is 0 Å². The number of rotatable bonds is 10. The minimum atomic E-state index is -0.758. The van der Waals surface area contributed by atoms with E-state index in [2.05, 4.69) is 19.2 Å². The fourth-order valence-corrected chi connectivity index (χ4v) is 4.55. The highest BCUT2D eigenvalue weighted by molar-refractivity contribution is 5.97. The lowest BCUT2D eigenvalue weighted by Gasteiger charge is -2.39. The number of carbonyl (C=O) groups is 1. The van der Waals surface area contributed by atoms with Gasteiger partial charge in [0.1, 0.15) is 0 Å². The van der Waals surface area contributed by atoms with Crippen LogP contribution in [0.2, 0.25) is 0 Å². The molecule has 2 aromatic carbocycles. The first kappa shape index (κ1) is 22.1. The largest absolute Gasteiger partial charge is 0.326 e. The van der Waals surface area contributed by atoms with Gasteiger partial charge in [-0.1, -0.05) is 45.7 Å². The van der Waals surface area contributed by atoms with Crippen molar-refractivity contribution in [2.45, 2.75) is 64.5 Å². The third-order valence-corrected chi connectivity index (χ3v) is 6.11. The molecule has 30 heavy (non-hydrogen) atoms. The van der Waals surface area contributed by atoms with Crippen LogP contribution >= 0.6 is 0 Å². The standard InChI is InChI=1S/C24H31N3O3/c1-4-7-13-26-24(23(25)8-5-2)20-14-16(22(28)6-3)9-11-18(20)19-12-10-17(27(29)30)15-21(19)24/h9-12,14-15,23,26H,4-8,13,25H2,1-3H3. The van der Waals surface area contributed by atoms with Crippen molar-refractivity contribution in [3.8, 4) is 11.1 Å². The molecule has 2 aromatic rings. The van der Waals surface area contributed by atoms with Crippen molar-refractivity contribution in [1.29, 1.82) is 0 Å². The van der Waals surface area contributed by atoms with E-state index in [1.54, 1.807) is 12.1 Å². The molecule has 0 aliphatic heterocycles. The molecule has 0 amide bonds. The fourth-order valence-electron chi connectivity index (χ4n) is 4.55. The summed E-state index contributed by atoms with van der Waals surface area (Å²) >= 11 is 0. The van der Waals surface area contributed by atoms with E-state index in [1.165, 1.54) is 0 Å². The molecule has 6 heteroatoms. The fraction of sp³-hybridized carbons (Fsp3) is 0.458. The maximum Gasteiger partial charge on any atom is 0.269 e. The molecule has 0 bridgehead atoms. The Labute approximate surface area is 178 Å². The highest BCUT2D eigenvalue weighted by Gasteiger charge is 2.47. The first-order valence-electron chi connectivity index (χ1n) is 10.9. The van der Waals surface area contributed by atoms with Crippen LogP contribution in [0.15, 0.2) is 36.4 Å². The number of nitrogens with zero attached hydrogens (tertiary/aromatic N) is 1. The quantitative estimate of drug-likeness (QED) is 0.251. The van der Waals surface area contributed by atoms with Gasteiger partial charge in [-0.05, 0) is 53.8 Å². The second kappa shape index (κ2) is 9.06. The van der Waals surface area contributed by atoms with Crippen molar-refractivity contribution < 1.29 is 9.72 Å². The summed E-state index contributed by atoms with van der Waals surface area (Å²) in [5, 5.41) is 15.2. The number of hydrogen-bond acceptors (Lipinski definition) is 5. The average Bonchev–Trinajstić information content (AvgIpc) is 3.03. The number of nitro benzene ring substituents is 1.